The number of allylic oxidation sites excluding steroid dienone is 2. The summed E-state index contributed by atoms with van der Waals surface area (Å²) in [5.74, 6) is 0.622. The predicted octanol–water partition coefficient (Wildman–Crippen LogP) is 14.2. The Morgan fingerprint density at radius 2 is 0.786 bits per heavy atom. The Hall–Kier alpha value is -0.790. The van der Waals surface area contributed by atoms with Crippen LogP contribution in [0.5, 0.6) is 0 Å². The molecule has 2 nitrogen and oxygen atoms in total. The van der Waals surface area contributed by atoms with E-state index in [1.807, 2.05) is 0 Å². The van der Waals surface area contributed by atoms with Gasteiger partial charge in [-0.15, -0.1) is 0 Å². The van der Waals surface area contributed by atoms with Gasteiger partial charge in [0.15, 0.2) is 0 Å². The fourth-order valence-corrected chi connectivity index (χ4v) is 6.07. The van der Waals surface area contributed by atoms with Crippen molar-refractivity contribution in [2.45, 2.75) is 226 Å². The van der Waals surface area contributed by atoms with Crippen LogP contribution in [-0.2, 0) is 9.53 Å². The first-order valence-corrected chi connectivity index (χ1v) is 19.5. The largest absolute Gasteiger partial charge is 0.465 e. The second kappa shape index (κ2) is 36.4. The molecule has 0 aliphatic heterocycles. The summed E-state index contributed by atoms with van der Waals surface area (Å²) in [4.78, 5) is 12.4. The van der Waals surface area contributed by atoms with Crippen LogP contribution in [0.25, 0.3) is 0 Å². The van der Waals surface area contributed by atoms with E-state index in [2.05, 4.69) is 32.9 Å². The summed E-state index contributed by atoms with van der Waals surface area (Å²) in [5.41, 5.74) is 0. The highest BCUT2D eigenvalue weighted by molar-refractivity contribution is 5.69. The normalized spacial score (nSPS) is 12.4. The maximum absolute atomic E-state index is 12.4. The van der Waals surface area contributed by atoms with Crippen molar-refractivity contribution < 1.29 is 9.53 Å². The number of esters is 1. The number of rotatable bonds is 35. The zero-order valence-electron chi connectivity index (χ0n) is 29.4. The monoisotopic (exact) mass is 591 g/mol. The molecule has 0 aromatic rings. The molecule has 0 fully saturated rings. The average molecular weight is 591 g/mol. The van der Waals surface area contributed by atoms with Crippen LogP contribution >= 0.6 is 0 Å². The van der Waals surface area contributed by atoms with Crippen LogP contribution in [0.3, 0.4) is 0 Å². The van der Waals surface area contributed by atoms with Crippen molar-refractivity contribution in [2.24, 2.45) is 5.92 Å². The zero-order valence-corrected chi connectivity index (χ0v) is 29.4. The zero-order chi connectivity index (χ0) is 30.6. The summed E-state index contributed by atoms with van der Waals surface area (Å²) in [7, 11) is 0. The van der Waals surface area contributed by atoms with Gasteiger partial charge in [-0.25, -0.2) is 0 Å². The molecule has 0 rings (SSSR count). The second-order valence-electron chi connectivity index (χ2n) is 13.4. The highest BCUT2D eigenvalue weighted by atomic mass is 16.5. The molecule has 42 heavy (non-hydrogen) atoms. The molecule has 0 amide bonds. The molecule has 0 spiro atoms. The second-order valence-corrected chi connectivity index (χ2v) is 13.4. The van der Waals surface area contributed by atoms with Crippen molar-refractivity contribution in [3.05, 3.63) is 12.2 Å². The molecule has 0 heterocycles. The van der Waals surface area contributed by atoms with Crippen molar-refractivity contribution in [1.29, 1.82) is 0 Å². The highest BCUT2D eigenvalue weighted by Crippen LogP contribution is 2.21. The maximum Gasteiger partial charge on any atom is 0.305 e. The lowest BCUT2D eigenvalue weighted by Gasteiger charge is -2.17. The molecule has 0 aromatic heterocycles. The van der Waals surface area contributed by atoms with Crippen LogP contribution in [0.15, 0.2) is 12.2 Å². The Balaban J connectivity index is 3.80. The molecule has 0 aromatic carbocycles. The molecule has 1 atom stereocenters. The lowest BCUT2D eigenvalue weighted by molar-refractivity contribution is -0.145. The van der Waals surface area contributed by atoms with Crippen LogP contribution in [0.4, 0.5) is 0 Å². The van der Waals surface area contributed by atoms with Crippen molar-refractivity contribution in [3.63, 3.8) is 0 Å². The molecule has 250 valence electrons. The number of carbonyl (C=O) groups excluding carboxylic acids is 1. The Kier molecular flexibility index (Phi) is 35.7. The van der Waals surface area contributed by atoms with Gasteiger partial charge in [-0.3, -0.25) is 4.79 Å². The number of hydrogen-bond acceptors (Lipinski definition) is 2. The molecule has 0 saturated heterocycles. The van der Waals surface area contributed by atoms with Crippen LogP contribution in [0.1, 0.15) is 226 Å². The van der Waals surface area contributed by atoms with Gasteiger partial charge in [0, 0.05) is 6.42 Å². The van der Waals surface area contributed by atoms with Gasteiger partial charge in [-0.2, -0.15) is 0 Å². The van der Waals surface area contributed by atoms with Crippen molar-refractivity contribution in [3.8, 4) is 0 Å². The van der Waals surface area contributed by atoms with Gasteiger partial charge in [0.25, 0.3) is 0 Å². The Labute approximate surface area is 266 Å². The first-order valence-electron chi connectivity index (χ1n) is 19.5. The van der Waals surface area contributed by atoms with Gasteiger partial charge in [0.1, 0.15) is 0 Å². The molecule has 0 aliphatic carbocycles. The fourth-order valence-electron chi connectivity index (χ4n) is 6.07. The van der Waals surface area contributed by atoms with E-state index in [1.54, 1.807) is 0 Å². The molecule has 0 aliphatic rings. The topological polar surface area (TPSA) is 26.3 Å². The summed E-state index contributed by atoms with van der Waals surface area (Å²) in [5, 5.41) is 0. The van der Waals surface area contributed by atoms with E-state index in [9.17, 15) is 4.79 Å². The molecule has 0 N–H and O–H groups in total. The third kappa shape index (κ3) is 33.7. The average Bonchev–Trinajstić information content (AvgIpc) is 3.00. The minimum Gasteiger partial charge on any atom is -0.465 e. The molecular weight excluding hydrogens is 512 g/mol. The van der Waals surface area contributed by atoms with Gasteiger partial charge in [0.05, 0.1) is 6.61 Å². The van der Waals surface area contributed by atoms with E-state index in [-0.39, 0.29) is 5.97 Å². The van der Waals surface area contributed by atoms with E-state index in [0.717, 1.165) is 6.42 Å². The van der Waals surface area contributed by atoms with E-state index in [1.165, 1.54) is 193 Å². The number of ether oxygens (including phenoxy) is 1. The van der Waals surface area contributed by atoms with Gasteiger partial charge >= 0.3 is 5.97 Å². The Bertz CT molecular complexity index is 540. The van der Waals surface area contributed by atoms with Gasteiger partial charge in [-0.05, 0) is 50.9 Å². The van der Waals surface area contributed by atoms with Crippen molar-refractivity contribution in [2.75, 3.05) is 6.61 Å². The van der Waals surface area contributed by atoms with Gasteiger partial charge in [0.2, 0.25) is 0 Å². The minimum atomic E-state index is 0.0478. The summed E-state index contributed by atoms with van der Waals surface area (Å²) >= 11 is 0. The van der Waals surface area contributed by atoms with Crippen LogP contribution < -0.4 is 0 Å². The third-order valence-corrected chi connectivity index (χ3v) is 9.05. The Morgan fingerprint density at radius 1 is 0.452 bits per heavy atom. The van der Waals surface area contributed by atoms with Crippen LogP contribution in [0.2, 0.25) is 0 Å². The lowest BCUT2D eigenvalue weighted by atomic mass is 9.94. The molecule has 0 bridgehead atoms. The molecular formula is C40H78O2. The molecule has 0 saturated carbocycles. The van der Waals surface area contributed by atoms with Gasteiger partial charge in [-0.1, -0.05) is 187 Å². The van der Waals surface area contributed by atoms with Crippen LogP contribution in [-0.4, -0.2) is 12.6 Å². The summed E-state index contributed by atoms with van der Waals surface area (Å²) in [6, 6.07) is 0. The standard InChI is InChI=1S/C40H78O2/c1-4-7-10-13-16-18-19-20-21-22-23-24-25-26-28-31-34-37-40(41)42-38-39(35-32-29-15-12-9-6-3)36-33-30-27-17-14-11-8-5-2/h20-21,39H,4-19,22-38H2,1-3H3/b21-20-. The smallest absolute Gasteiger partial charge is 0.305 e. The molecule has 0 radical (unpaired) electrons. The lowest BCUT2D eigenvalue weighted by Crippen LogP contribution is -2.14. The molecule has 2 heteroatoms. The summed E-state index contributed by atoms with van der Waals surface area (Å²) < 4.78 is 5.81. The van der Waals surface area contributed by atoms with Crippen molar-refractivity contribution in [1.82, 2.24) is 0 Å². The van der Waals surface area contributed by atoms with Crippen LogP contribution in [0, 0.1) is 5.92 Å². The van der Waals surface area contributed by atoms with E-state index in [0.29, 0.717) is 18.9 Å². The summed E-state index contributed by atoms with van der Waals surface area (Å²) in [6.07, 6.45) is 46.6. The highest BCUT2D eigenvalue weighted by Gasteiger charge is 2.12. The maximum atomic E-state index is 12.4. The number of carbonyl (C=O) groups is 1. The van der Waals surface area contributed by atoms with Crippen molar-refractivity contribution >= 4 is 5.97 Å². The number of hydrogen-bond donors (Lipinski definition) is 0. The SMILES string of the molecule is CCCCCCCC/C=C\CCCCCCCCCC(=O)OCC(CCCCCCCC)CCCCCCCCCC. The Morgan fingerprint density at radius 3 is 1.19 bits per heavy atom. The van der Waals surface area contributed by atoms with E-state index < -0.39 is 0 Å². The fraction of sp³-hybridized carbons (Fsp3) is 0.925. The first-order chi connectivity index (χ1) is 20.7. The van der Waals surface area contributed by atoms with Gasteiger partial charge < -0.3 is 4.74 Å². The third-order valence-electron chi connectivity index (χ3n) is 9.05. The number of unbranched alkanes of at least 4 members (excludes halogenated alkanes) is 25. The first kappa shape index (κ1) is 41.2. The summed E-state index contributed by atoms with van der Waals surface area (Å²) in [6.45, 7) is 7.52. The van der Waals surface area contributed by atoms with E-state index >= 15 is 0 Å². The van der Waals surface area contributed by atoms with E-state index in [4.69, 9.17) is 4.74 Å². The quantitative estimate of drug-likeness (QED) is 0.0417. The predicted molar refractivity (Wildman–Crippen MR) is 188 cm³/mol. The minimum absolute atomic E-state index is 0.0478. The molecule has 1 unspecified atom stereocenters.